The molecule has 1 aliphatic heterocycles. The number of benzene rings is 2. The number of hydrogen-bond acceptors (Lipinski definition) is 3. The summed E-state index contributed by atoms with van der Waals surface area (Å²) in [6.45, 7) is 0.706. The number of fused-ring (bicyclic) bond motifs is 3. The topological polar surface area (TPSA) is 21.3 Å². The Morgan fingerprint density at radius 2 is 1.96 bits per heavy atom. The van der Waals surface area contributed by atoms with Crippen molar-refractivity contribution in [3.63, 3.8) is 0 Å². The Labute approximate surface area is 164 Å². The molecule has 2 aliphatic rings. The molecule has 3 heteroatoms. The van der Waals surface area contributed by atoms with Gasteiger partial charge in [-0.3, -0.25) is 0 Å². The number of ether oxygens (including phenoxy) is 1. The molecule has 0 radical (unpaired) electrons. The van der Waals surface area contributed by atoms with E-state index in [0.717, 1.165) is 18.6 Å². The van der Waals surface area contributed by atoms with E-state index in [1.54, 1.807) is 0 Å². The Kier molecular flexibility index (Phi) is 4.46. The molecule has 2 heterocycles. The standard InChI is InChI=1S/C24H23NOS/c1-2-6-17(7-3-1)13-14-26-18-11-12-22-21(16-18)19-8-4-9-20(19)24(25-22)23-10-5-15-27-23/h1-8,10-12,15-16,19-20,24-25H,9,13-14H2. The van der Waals surface area contributed by atoms with Crippen LogP contribution in [0.15, 0.2) is 78.2 Å². The number of anilines is 1. The van der Waals surface area contributed by atoms with E-state index in [1.807, 2.05) is 11.3 Å². The van der Waals surface area contributed by atoms with Crippen molar-refractivity contribution in [3.8, 4) is 5.75 Å². The van der Waals surface area contributed by atoms with Crippen LogP contribution < -0.4 is 10.1 Å². The van der Waals surface area contributed by atoms with Crippen LogP contribution in [-0.2, 0) is 6.42 Å². The third kappa shape index (κ3) is 3.28. The quantitative estimate of drug-likeness (QED) is 0.538. The molecule has 3 aromatic rings. The van der Waals surface area contributed by atoms with Gasteiger partial charge >= 0.3 is 0 Å². The van der Waals surface area contributed by atoms with Crippen LogP contribution in [0, 0.1) is 5.92 Å². The van der Waals surface area contributed by atoms with E-state index in [2.05, 4.69) is 83.5 Å². The molecule has 5 rings (SSSR count). The molecular weight excluding hydrogens is 350 g/mol. The highest BCUT2D eigenvalue weighted by molar-refractivity contribution is 7.10. The molecule has 0 bridgehead atoms. The fraction of sp³-hybridized carbons (Fsp3) is 0.250. The van der Waals surface area contributed by atoms with Crippen molar-refractivity contribution in [1.82, 2.24) is 0 Å². The van der Waals surface area contributed by atoms with Crippen molar-refractivity contribution in [3.05, 3.63) is 94.2 Å². The third-order valence-electron chi connectivity index (χ3n) is 5.69. The molecule has 0 fully saturated rings. The Morgan fingerprint density at radius 3 is 2.81 bits per heavy atom. The lowest BCUT2D eigenvalue weighted by Gasteiger charge is -2.37. The molecular formula is C24H23NOS. The average Bonchev–Trinajstić information content (AvgIpc) is 3.41. The molecule has 0 amide bonds. The monoisotopic (exact) mass is 373 g/mol. The third-order valence-corrected chi connectivity index (χ3v) is 6.64. The van der Waals surface area contributed by atoms with Gasteiger partial charge in [0.2, 0.25) is 0 Å². The molecule has 27 heavy (non-hydrogen) atoms. The van der Waals surface area contributed by atoms with Crippen molar-refractivity contribution >= 4 is 17.0 Å². The first-order valence-electron chi connectivity index (χ1n) is 9.66. The van der Waals surface area contributed by atoms with E-state index in [4.69, 9.17) is 4.74 Å². The molecule has 1 aliphatic carbocycles. The molecule has 1 N–H and O–H groups in total. The number of allylic oxidation sites excluding steroid dienone is 2. The number of nitrogens with one attached hydrogen (secondary N) is 1. The van der Waals surface area contributed by atoms with Crippen molar-refractivity contribution < 1.29 is 4.74 Å². The molecule has 0 spiro atoms. The van der Waals surface area contributed by atoms with Crippen LogP contribution in [0.5, 0.6) is 5.75 Å². The van der Waals surface area contributed by atoms with E-state index in [1.165, 1.54) is 21.7 Å². The maximum Gasteiger partial charge on any atom is 0.119 e. The van der Waals surface area contributed by atoms with E-state index in [-0.39, 0.29) is 0 Å². The summed E-state index contributed by atoms with van der Waals surface area (Å²) >= 11 is 1.85. The van der Waals surface area contributed by atoms with Crippen molar-refractivity contribution in [2.24, 2.45) is 5.92 Å². The second kappa shape index (κ2) is 7.24. The average molecular weight is 374 g/mol. The predicted molar refractivity (Wildman–Crippen MR) is 113 cm³/mol. The lowest BCUT2D eigenvalue weighted by Crippen LogP contribution is -2.28. The van der Waals surface area contributed by atoms with Crippen LogP contribution in [0.25, 0.3) is 0 Å². The van der Waals surface area contributed by atoms with E-state index < -0.39 is 0 Å². The summed E-state index contributed by atoms with van der Waals surface area (Å²) in [5.41, 5.74) is 3.94. The van der Waals surface area contributed by atoms with Crippen LogP contribution >= 0.6 is 11.3 Å². The summed E-state index contributed by atoms with van der Waals surface area (Å²) in [6, 6.07) is 21.9. The minimum Gasteiger partial charge on any atom is -0.493 e. The molecule has 3 atom stereocenters. The van der Waals surface area contributed by atoms with Crippen LogP contribution in [0.2, 0.25) is 0 Å². The van der Waals surface area contributed by atoms with Gasteiger partial charge in [-0.2, -0.15) is 0 Å². The predicted octanol–water partition coefficient (Wildman–Crippen LogP) is 6.20. The van der Waals surface area contributed by atoms with Gasteiger partial charge in [-0.05, 0) is 53.1 Å². The largest absolute Gasteiger partial charge is 0.493 e. The SMILES string of the molecule is C1=CC2c3cc(OCCc4ccccc4)ccc3NC(c3cccs3)C2C1. The summed E-state index contributed by atoms with van der Waals surface area (Å²) < 4.78 is 6.07. The van der Waals surface area contributed by atoms with Gasteiger partial charge in [0.05, 0.1) is 12.6 Å². The maximum atomic E-state index is 6.07. The minimum atomic E-state index is 0.405. The van der Waals surface area contributed by atoms with Crippen molar-refractivity contribution in [2.45, 2.75) is 24.8 Å². The van der Waals surface area contributed by atoms with Gasteiger partial charge in [0.15, 0.2) is 0 Å². The summed E-state index contributed by atoms with van der Waals surface area (Å²) in [5.74, 6) is 2.04. The molecule has 2 aromatic carbocycles. The van der Waals surface area contributed by atoms with Crippen LogP contribution in [-0.4, -0.2) is 6.61 Å². The van der Waals surface area contributed by atoms with Crippen LogP contribution in [0.1, 0.15) is 34.4 Å². The summed E-state index contributed by atoms with van der Waals surface area (Å²) in [5, 5.41) is 5.97. The first-order valence-corrected chi connectivity index (χ1v) is 10.5. The van der Waals surface area contributed by atoms with E-state index >= 15 is 0 Å². The first-order chi connectivity index (χ1) is 13.4. The molecule has 136 valence electrons. The van der Waals surface area contributed by atoms with E-state index in [9.17, 15) is 0 Å². The summed E-state index contributed by atoms with van der Waals surface area (Å²) in [4.78, 5) is 1.43. The van der Waals surface area contributed by atoms with Gasteiger partial charge in [0, 0.05) is 22.9 Å². The van der Waals surface area contributed by atoms with Crippen molar-refractivity contribution in [2.75, 3.05) is 11.9 Å². The highest BCUT2D eigenvalue weighted by atomic mass is 32.1. The fourth-order valence-electron chi connectivity index (χ4n) is 4.34. The molecule has 2 nitrogen and oxygen atoms in total. The second-order valence-corrected chi connectivity index (χ2v) is 8.30. The first kappa shape index (κ1) is 16.6. The lowest BCUT2D eigenvalue weighted by molar-refractivity contribution is 0.320. The van der Waals surface area contributed by atoms with Gasteiger partial charge in [0.25, 0.3) is 0 Å². The highest BCUT2D eigenvalue weighted by Gasteiger charge is 2.38. The number of thiophene rings is 1. The summed E-state index contributed by atoms with van der Waals surface area (Å²) in [7, 11) is 0. The molecule has 0 saturated carbocycles. The number of rotatable bonds is 5. The van der Waals surface area contributed by atoms with Gasteiger partial charge in [-0.1, -0.05) is 48.6 Å². The lowest BCUT2D eigenvalue weighted by atomic mass is 9.79. The Balaban J connectivity index is 1.34. The molecule has 0 saturated heterocycles. The van der Waals surface area contributed by atoms with Gasteiger partial charge < -0.3 is 10.1 Å². The minimum absolute atomic E-state index is 0.405. The fourth-order valence-corrected chi connectivity index (χ4v) is 5.20. The zero-order chi connectivity index (χ0) is 18.1. The second-order valence-electron chi connectivity index (χ2n) is 7.32. The zero-order valence-corrected chi connectivity index (χ0v) is 16.0. The Morgan fingerprint density at radius 1 is 1.04 bits per heavy atom. The Bertz CT molecular complexity index is 932. The number of hydrogen-bond donors (Lipinski definition) is 1. The van der Waals surface area contributed by atoms with Gasteiger partial charge in [-0.15, -0.1) is 11.3 Å². The zero-order valence-electron chi connectivity index (χ0n) is 15.2. The van der Waals surface area contributed by atoms with Gasteiger partial charge in [0.1, 0.15) is 5.75 Å². The van der Waals surface area contributed by atoms with Crippen LogP contribution in [0.3, 0.4) is 0 Å². The van der Waals surface area contributed by atoms with Crippen molar-refractivity contribution in [1.29, 1.82) is 0 Å². The highest BCUT2D eigenvalue weighted by Crippen LogP contribution is 2.51. The normalized spacial score (nSPS) is 22.7. The maximum absolute atomic E-state index is 6.07. The van der Waals surface area contributed by atoms with E-state index in [0.29, 0.717) is 24.5 Å². The smallest absolute Gasteiger partial charge is 0.119 e. The van der Waals surface area contributed by atoms with Gasteiger partial charge in [-0.25, -0.2) is 0 Å². The molecule has 1 aromatic heterocycles. The summed E-state index contributed by atoms with van der Waals surface area (Å²) in [6.07, 6.45) is 6.80. The van der Waals surface area contributed by atoms with Crippen LogP contribution in [0.4, 0.5) is 5.69 Å². The molecule has 3 unspecified atom stereocenters. The Hall–Kier alpha value is -2.52.